The highest BCUT2D eigenvalue weighted by atomic mass is 19.4. The third-order valence-corrected chi connectivity index (χ3v) is 3.67. The molecule has 0 aromatic rings. The highest BCUT2D eigenvalue weighted by Crippen LogP contribution is 2.37. The van der Waals surface area contributed by atoms with Crippen LogP contribution < -0.4 is 5.32 Å². The molecule has 1 aliphatic rings. The van der Waals surface area contributed by atoms with E-state index >= 15 is 0 Å². The predicted octanol–water partition coefficient (Wildman–Crippen LogP) is 3.27. The van der Waals surface area contributed by atoms with E-state index in [1.165, 1.54) is 6.42 Å². The molecule has 2 nitrogen and oxygen atoms in total. The first-order chi connectivity index (χ1) is 7.73. The Morgan fingerprint density at radius 3 is 2.18 bits per heavy atom. The Hall–Kier alpha value is -0.740. The normalized spacial score (nSPS) is 19.1. The van der Waals surface area contributed by atoms with E-state index in [0.717, 1.165) is 25.7 Å². The Balaban J connectivity index is 2.46. The van der Waals surface area contributed by atoms with Crippen LogP contribution in [0.25, 0.3) is 0 Å². The molecule has 1 N–H and O–H groups in total. The number of hydrogen-bond donors (Lipinski definition) is 1. The van der Waals surface area contributed by atoms with E-state index in [4.69, 9.17) is 0 Å². The minimum Gasteiger partial charge on any atom is -0.348 e. The Morgan fingerprint density at radius 1 is 1.18 bits per heavy atom. The van der Waals surface area contributed by atoms with Crippen LogP contribution >= 0.6 is 0 Å². The Kier molecular flexibility index (Phi) is 4.44. The predicted molar refractivity (Wildman–Crippen MR) is 59.4 cm³/mol. The number of halogens is 3. The van der Waals surface area contributed by atoms with Gasteiger partial charge in [-0.05, 0) is 24.2 Å². The fourth-order valence-corrected chi connectivity index (χ4v) is 2.44. The van der Waals surface area contributed by atoms with Crippen molar-refractivity contribution < 1.29 is 18.0 Å². The molecule has 1 amide bonds. The molecule has 5 heteroatoms. The summed E-state index contributed by atoms with van der Waals surface area (Å²) in [5.74, 6) is -1.42. The molecule has 0 saturated heterocycles. The minimum atomic E-state index is -4.78. The number of amides is 1. The van der Waals surface area contributed by atoms with Crippen molar-refractivity contribution in [3.63, 3.8) is 0 Å². The summed E-state index contributed by atoms with van der Waals surface area (Å²) in [5, 5.41) is 2.00. The lowest BCUT2D eigenvalue weighted by molar-refractivity contribution is -0.174. The Bertz CT molecular complexity index is 267. The largest absolute Gasteiger partial charge is 0.471 e. The molecular formula is C12H20F3NO. The number of carbonyl (C=O) groups is 1. The van der Waals surface area contributed by atoms with Gasteiger partial charge in [-0.1, -0.05) is 33.1 Å². The van der Waals surface area contributed by atoms with Crippen molar-refractivity contribution in [3.05, 3.63) is 0 Å². The molecule has 0 aliphatic heterocycles. The lowest BCUT2D eigenvalue weighted by Crippen LogP contribution is -2.44. The zero-order valence-corrected chi connectivity index (χ0v) is 10.4. The maximum absolute atomic E-state index is 12.1. The van der Waals surface area contributed by atoms with Crippen LogP contribution in [0.5, 0.6) is 0 Å². The molecule has 0 bridgehead atoms. The maximum atomic E-state index is 12.1. The fourth-order valence-electron chi connectivity index (χ4n) is 2.44. The van der Waals surface area contributed by atoms with Gasteiger partial charge in [0, 0.05) is 6.54 Å². The first-order valence-corrected chi connectivity index (χ1v) is 6.08. The van der Waals surface area contributed by atoms with E-state index < -0.39 is 12.1 Å². The van der Waals surface area contributed by atoms with Gasteiger partial charge in [-0.3, -0.25) is 4.79 Å². The van der Waals surface area contributed by atoms with Gasteiger partial charge in [0.2, 0.25) is 0 Å². The van der Waals surface area contributed by atoms with E-state index in [9.17, 15) is 18.0 Å². The zero-order valence-electron chi connectivity index (χ0n) is 10.4. The molecule has 17 heavy (non-hydrogen) atoms. The molecule has 100 valence electrons. The summed E-state index contributed by atoms with van der Waals surface area (Å²) in [6.07, 6.45) is 0.816. The summed E-state index contributed by atoms with van der Waals surface area (Å²) in [6.45, 7) is 3.95. The monoisotopic (exact) mass is 251 g/mol. The molecule has 0 spiro atoms. The van der Waals surface area contributed by atoms with Crippen LogP contribution in [0.4, 0.5) is 13.2 Å². The summed E-state index contributed by atoms with van der Waals surface area (Å²) in [5.41, 5.74) is -0.263. The number of nitrogens with one attached hydrogen (secondary N) is 1. The second-order valence-corrected chi connectivity index (χ2v) is 5.50. The Morgan fingerprint density at radius 2 is 1.71 bits per heavy atom. The second-order valence-electron chi connectivity index (χ2n) is 5.50. The van der Waals surface area contributed by atoms with E-state index in [2.05, 4.69) is 0 Å². The van der Waals surface area contributed by atoms with Crippen molar-refractivity contribution in [2.24, 2.45) is 11.3 Å². The quantitative estimate of drug-likeness (QED) is 0.819. The highest BCUT2D eigenvalue weighted by molar-refractivity contribution is 5.81. The number of rotatable bonds is 3. The van der Waals surface area contributed by atoms with Gasteiger partial charge in [-0.25, -0.2) is 0 Å². The van der Waals surface area contributed by atoms with Gasteiger partial charge in [0.1, 0.15) is 0 Å². The van der Waals surface area contributed by atoms with Crippen LogP contribution in [0.3, 0.4) is 0 Å². The van der Waals surface area contributed by atoms with Crippen molar-refractivity contribution in [2.75, 3.05) is 6.54 Å². The Labute approximate surface area is 100.0 Å². The highest BCUT2D eigenvalue weighted by Gasteiger charge is 2.40. The van der Waals surface area contributed by atoms with E-state index in [-0.39, 0.29) is 12.0 Å². The molecule has 1 aliphatic carbocycles. The standard InChI is InChI=1S/C12H20F3NO/c1-11(2,9-6-4-3-5-7-9)8-16-10(17)12(13,14)15/h9H,3-8H2,1-2H3,(H,16,17). The summed E-state index contributed by atoms with van der Waals surface area (Å²) in [7, 11) is 0. The van der Waals surface area contributed by atoms with E-state index in [0.29, 0.717) is 5.92 Å². The average molecular weight is 251 g/mol. The van der Waals surface area contributed by atoms with Crippen LogP contribution in [-0.4, -0.2) is 18.6 Å². The molecule has 1 fully saturated rings. The molecule has 0 aromatic carbocycles. The fraction of sp³-hybridized carbons (Fsp3) is 0.917. The van der Waals surface area contributed by atoms with Gasteiger partial charge in [-0.15, -0.1) is 0 Å². The lowest BCUT2D eigenvalue weighted by atomic mass is 9.71. The van der Waals surface area contributed by atoms with Crippen LogP contribution in [-0.2, 0) is 4.79 Å². The van der Waals surface area contributed by atoms with Crippen molar-refractivity contribution in [3.8, 4) is 0 Å². The van der Waals surface area contributed by atoms with Crippen LogP contribution in [0.15, 0.2) is 0 Å². The van der Waals surface area contributed by atoms with E-state index in [1.807, 2.05) is 19.2 Å². The summed E-state index contributed by atoms with van der Waals surface area (Å²) in [4.78, 5) is 10.8. The first kappa shape index (κ1) is 14.3. The van der Waals surface area contributed by atoms with Crippen LogP contribution in [0, 0.1) is 11.3 Å². The van der Waals surface area contributed by atoms with Gasteiger partial charge in [0.25, 0.3) is 0 Å². The third-order valence-electron chi connectivity index (χ3n) is 3.67. The minimum absolute atomic E-state index is 0.0933. The maximum Gasteiger partial charge on any atom is 0.471 e. The molecule has 0 radical (unpaired) electrons. The average Bonchev–Trinajstić information content (AvgIpc) is 2.26. The molecule has 0 unspecified atom stereocenters. The van der Waals surface area contributed by atoms with E-state index in [1.54, 1.807) is 0 Å². The molecular weight excluding hydrogens is 231 g/mol. The summed E-state index contributed by atoms with van der Waals surface area (Å²) >= 11 is 0. The lowest BCUT2D eigenvalue weighted by Gasteiger charge is -2.37. The van der Waals surface area contributed by atoms with Crippen molar-refractivity contribution >= 4 is 5.91 Å². The zero-order chi connectivity index (χ0) is 13.1. The molecule has 1 rings (SSSR count). The summed E-state index contributed by atoms with van der Waals surface area (Å²) in [6, 6.07) is 0. The third kappa shape index (κ3) is 4.21. The topological polar surface area (TPSA) is 29.1 Å². The summed E-state index contributed by atoms with van der Waals surface area (Å²) < 4.78 is 36.2. The van der Waals surface area contributed by atoms with Crippen LogP contribution in [0.2, 0.25) is 0 Å². The van der Waals surface area contributed by atoms with Crippen molar-refractivity contribution in [1.82, 2.24) is 5.32 Å². The second kappa shape index (κ2) is 5.27. The first-order valence-electron chi connectivity index (χ1n) is 6.08. The van der Waals surface area contributed by atoms with Gasteiger partial charge in [0.15, 0.2) is 0 Å². The van der Waals surface area contributed by atoms with Gasteiger partial charge >= 0.3 is 12.1 Å². The van der Waals surface area contributed by atoms with Gasteiger partial charge in [0.05, 0.1) is 0 Å². The molecule has 0 atom stereocenters. The van der Waals surface area contributed by atoms with Crippen LogP contribution in [0.1, 0.15) is 46.0 Å². The smallest absolute Gasteiger partial charge is 0.348 e. The SMILES string of the molecule is CC(C)(CNC(=O)C(F)(F)F)C1CCCCC1. The van der Waals surface area contributed by atoms with Gasteiger partial charge < -0.3 is 5.32 Å². The number of carbonyl (C=O) groups excluding carboxylic acids is 1. The molecule has 0 heterocycles. The molecule has 1 saturated carbocycles. The number of alkyl halides is 3. The molecule has 0 aromatic heterocycles. The van der Waals surface area contributed by atoms with Gasteiger partial charge in [-0.2, -0.15) is 13.2 Å². The van der Waals surface area contributed by atoms with Crippen molar-refractivity contribution in [2.45, 2.75) is 52.1 Å². The van der Waals surface area contributed by atoms with Crippen molar-refractivity contribution in [1.29, 1.82) is 0 Å². The number of hydrogen-bond acceptors (Lipinski definition) is 1.